The number of benzene rings is 2. The van der Waals surface area contributed by atoms with E-state index in [0.29, 0.717) is 23.7 Å². The van der Waals surface area contributed by atoms with Gasteiger partial charge < -0.3 is 9.73 Å². The summed E-state index contributed by atoms with van der Waals surface area (Å²) >= 11 is 0. The van der Waals surface area contributed by atoms with Gasteiger partial charge in [0.05, 0.1) is 12.7 Å². The first-order chi connectivity index (χ1) is 13.6. The van der Waals surface area contributed by atoms with Crippen molar-refractivity contribution in [2.24, 2.45) is 0 Å². The van der Waals surface area contributed by atoms with E-state index in [2.05, 4.69) is 15.4 Å². The van der Waals surface area contributed by atoms with E-state index in [-0.39, 0.29) is 5.91 Å². The first kappa shape index (κ1) is 17.7. The monoisotopic (exact) mass is 372 g/mol. The molecule has 0 fully saturated rings. The van der Waals surface area contributed by atoms with Crippen LogP contribution >= 0.6 is 0 Å². The van der Waals surface area contributed by atoms with Crippen LogP contribution in [0.2, 0.25) is 0 Å². The van der Waals surface area contributed by atoms with E-state index in [1.807, 2.05) is 73.4 Å². The van der Waals surface area contributed by atoms with Gasteiger partial charge in [-0.3, -0.25) is 9.48 Å². The quantitative estimate of drug-likeness (QED) is 0.561. The second-order valence-corrected chi connectivity index (χ2v) is 6.63. The molecule has 1 amide bonds. The molecule has 0 aliphatic heterocycles. The fraction of sp³-hybridized carbons (Fsp3) is 0.136. The number of nitrogens with zero attached hydrogens (tertiary/aromatic N) is 3. The standard InChI is InChI=1S/C22H20N4O2/c1-15-12-23-26(13-15)14-20-16(2)28-22(25-20)18-8-10-19(11-9-18)24-21(27)17-6-4-3-5-7-17/h3-13H,14H2,1-2H3,(H,24,27). The van der Waals surface area contributed by atoms with Gasteiger partial charge in [-0.15, -0.1) is 0 Å². The summed E-state index contributed by atoms with van der Waals surface area (Å²) < 4.78 is 7.67. The van der Waals surface area contributed by atoms with Crippen LogP contribution in [0, 0.1) is 13.8 Å². The number of amides is 1. The summed E-state index contributed by atoms with van der Waals surface area (Å²) in [5.41, 5.74) is 4.14. The van der Waals surface area contributed by atoms with E-state index in [1.54, 1.807) is 12.1 Å². The number of carbonyl (C=O) groups excluding carboxylic acids is 1. The lowest BCUT2D eigenvalue weighted by Crippen LogP contribution is -2.11. The molecule has 140 valence electrons. The Morgan fingerprint density at radius 2 is 1.82 bits per heavy atom. The molecular weight excluding hydrogens is 352 g/mol. The summed E-state index contributed by atoms with van der Waals surface area (Å²) in [6.07, 6.45) is 3.79. The van der Waals surface area contributed by atoms with Crippen molar-refractivity contribution in [3.63, 3.8) is 0 Å². The number of carbonyl (C=O) groups is 1. The third kappa shape index (κ3) is 3.86. The molecule has 28 heavy (non-hydrogen) atoms. The maximum absolute atomic E-state index is 12.2. The van der Waals surface area contributed by atoms with Crippen molar-refractivity contribution >= 4 is 11.6 Å². The van der Waals surface area contributed by atoms with Crippen LogP contribution in [0.5, 0.6) is 0 Å². The molecule has 0 aliphatic rings. The zero-order valence-electron chi connectivity index (χ0n) is 15.7. The first-order valence-electron chi connectivity index (χ1n) is 9.01. The number of oxazole rings is 1. The Morgan fingerprint density at radius 1 is 1.07 bits per heavy atom. The third-order valence-corrected chi connectivity index (χ3v) is 4.39. The molecule has 2 heterocycles. The molecule has 6 nitrogen and oxygen atoms in total. The minimum absolute atomic E-state index is 0.142. The first-order valence-corrected chi connectivity index (χ1v) is 9.01. The normalized spacial score (nSPS) is 10.8. The van der Waals surface area contributed by atoms with Gasteiger partial charge in [-0.2, -0.15) is 5.10 Å². The van der Waals surface area contributed by atoms with Gasteiger partial charge in [-0.05, 0) is 55.8 Å². The molecule has 4 rings (SSSR count). The average Bonchev–Trinajstić information content (AvgIpc) is 3.29. The molecule has 0 spiro atoms. The Kier molecular flexibility index (Phi) is 4.76. The van der Waals surface area contributed by atoms with Crippen molar-refractivity contribution in [1.29, 1.82) is 0 Å². The van der Waals surface area contributed by atoms with Gasteiger partial charge in [-0.25, -0.2) is 4.98 Å². The van der Waals surface area contributed by atoms with Gasteiger partial charge in [0, 0.05) is 23.0 Å². The fourth-order valence-corrected chi connectivity index (χ4v) is 2.89. The Labute approximate surface area is 162 Å². The largest absolute Gasteiger partial charge is 0.441 e. The van der Waals surface area contributed by atoms with Crippen molar-refractivity contribution in [3.8, 4) is 11.5 Å². The summed E-state index contributed by atoms with van der Waals surface area (Å²) in [4.78, 5) is 16.8. The van der Waals surface area contributed by atoms with E-state index in [1.165, 1.54) is 0 Å². The molecule has 2 aromatic heterocycles. The van der Waals surface area contributed by atoms with E-state index >= 15 is 0 Å². The molecule has 0 atom stereocenters. The zero-order chi connectivity index (χ0) is 19.5. The second kappa shape index (κ2) is 7.52. The number of anilines is 1. The van der Waals surface area contributed by atoms with Crippen molar-refractivity contribution in [3.05, 3.63) is 89.6 Å². The third-order valence-electron chi connectivity index (χ3n) is 4.39. The second-order valence-electron chi connectivity index (χ2n) is 6.63. The molecule has 6 heteroatoms. The minimum atomic E-state index is -0.142. The summed E-state index contributed by atoms with van der Waals surface area (Å²) in [7, 11) is 0. The van der Waals surface area contributed by atoms with Crippen LogP contribution in [0.25, 0.3) is 11.5 Å². The van der Waals surface area contributed by atoms with Crippen molar-refractivity contribution < 1.29 is 9.21 Å². The lowest BCUT2D eigenvalue weighted by Gasteiger charge is -2.05. The predicted octanol–water partition coefficient (Wildman–Crippen LogP) is 4.46. The fourth-order valence-electron chi connectivity index (χ4n) is 2.89. The highest BCUT2D eigenvalue weighted by atomic mass is 16.4. The SMILES string of the molecule is Cc1cnn(Cc2nc(-c3ccc(NC(=O)c4ccccc4)cc3)oc2C)c1. The number of aromatic nitrogens is 3. The van der Waals surface area contributed by atoms with E-state index < -0.39 is 0 Å². The van der Waals surface area contributed by atoms with E-state index in [9.17, 15) is 4.79 Å². The van der Waals surface area contributed by atoms with Crippen LogP contribution in [0.4, 0.5) is 5.69 Å². The lowest BCUT2D eigenvalue weighted by atomic mass is 10.2. The number of hydrogen-bond acceptors (Lipinski definition) is 4. The highest BCUT2D eigenvalue weighted by Gasteiger charge is 2.13. The molecule has 0 bridgehead atoms. The van der Waals surface area contributed by atoms with Crippen molar-refractivity contribution in [1.82, 2.24) is 14.8 Å². The summed E-state index contributed by atoms with van der Waals surface area (Å²) in [5.74, 6) is 1.18. The highest BCUT2D eigenvalue weighted by molar-refractivity contribution is 6.04. The van der Waals surface area contributed by atoms with Crippen LogP contribution in [-0.4, -0.2) is 20.7 Å². The van der Waals surface area contributed by atoms with Crippen LogP contribution in [0.3, 0.4) is 0 Å². The van der Waals surface area contributed by atoms with Crippen LogP contribution in [-0.2, 0) is 6.54 Å². The van der Waals surface area contributed by atoms with E-state index in [0.717, 1.165) is 22.6 Å². The summed E-state index contributed by atoms with van der Waals surface area (Å²) in [6, 6.07) is 16.6. The maximum Gasteiger partial charge on any atom is 0.255 e. The molecule has 4 aromatic rings. The van der Waals surface area contributed by atoms with Gasteiger partial charge in [-0.1, -0.05) is 18.2 Å². The van der Waals surface area contributed by atoms with Gasteiger partial charge in [0.1, 0.15) is 11.5 Å². The molecule has 0 aliphatic carbocycles. The molecule has 2 aromatic carbocycles. The number of nitrogens with one attached hydrogen (secondary N) is 1. The smallest absolute Gasteiger partial charge is 0.255 e. The van der Waals surface area contributed by atoms with Gasteiger partial charge in [0.2, 0.25) is 5.89 Å². The highest BCUT2D eigenvalue weighted by Crippen LogP contribution is 2.24. The Bertz CT molecular complexity index is 1100. The molecular formula is C22H20N4O2. The van der Waals surface area contributed by atoms with Gasteiger partial charge >= 0.3 is 0 Å². The summed E-state index contributed by atoms with van der Waals surface area (Å²) in [5, 5.41) is 7.18. The topological polar surface area (TPSA) is 73.0 Å². The number of aryl methyl sites for hydroxylation is 2. The Balaban J connectivity index is 1.48. The molecule has 0 radical (unpaired) electrons. The van der Waals surface area contributed by atoms with Gasteiger partial charge in [0.25, 0.3) is 5.91 Å². The van der Waals surface area contributed by atoms with Crippen molar-refractivity contribution in [2.75, 3.05) is 5.32 Å². The van der Waals surface area contributed by atoms with Gasteiger partial charge in [0.15, 0.2) is 0 Å². The predicted molar refractivity (Wildman–Crippen MR) is 107 cm³/mol. The minimum Gasteiger partial charge on any atom is -0.441 e. The lowest BCUT2D eigenvalue weighted by molar-refractivity contribution is 0.102. The number of rotatable bonds is 5. The Hall–Kier alpha value is -3.67. The van der Waals surface area contributed by atoms with Crippen LogP contribution < -0.4 is 5.32 Å². The van der Waals surface area contributed by atoms with E-state index in [4.69, 9.17) is 4.42 Å². The molecule has 0 unspecified atom stereocenters. The van der Waals surface area contributed by atoms with Crippen molar-refractivity contribution in [2.45, 2.75) is 20.4 Å². The molecule has 1 N–H and O–H groups in total. The average molecular weight is 372 g/mol. The molecule has 0 saturated heterocycles. The Morgan fingerprint density at radius 3 is 2.50 bits per heavy atom. The number of hydrogen-bond donors (Lipinski definition) is 1. The zero-order valence-corrected chi connectivity index (χ0v) is 15.7. The maximum atomic E-state index is 12.2. The van der Waals surface area contributed by atoms with Crippen LogP contribution in [0.15, 0.2) is 71.4 Å². The van der Waals surface area contributed by atoms with Crippen LogP contribution in [0.1, 0.15) is 27.4 Å². The molecule has 0 saturated carbocycles. The summed E-state index contributed by atoms with van der Waals surface area (Å²) in [6.45, 7) is 4.47.